The standard InChI is InChI=1S/C13H20ClNO/c1-13(2,3)11-6-4-5-7-12(11)15-9-10(16)8-14/h4-7,10,15-16H,8-9H2,1-3H3. The highest BCUT2D eigenvalue weighted by atomic mass is 35.5. The lowest BCUT2D eigenvalue weighted by Gasteiger charge is -2.24. The van der Waals surface area contributed by atoms with Crippen LogP contribution in [0.4, 0.5) is 5.69 Å². The molecule has 1 atom stereocenters. The number of rotatable bonds is 4. The van der Waals surface area contributed by atoms with E-state index in [1.807, 2.05) is 18.2 Å². The molecule has 0 saturated heterocycles. The summed E-state index contributed by atoms with van der Waals surface area (Å²) in [7, 11) is 0. The van der Waals surface area contributed by atoms with E-state index in [0.29, 0.717) is 6.54 Å². The van der Waals surface area contributed by atoms with Crippen molar-refractivity contribution in [2.45, 2.75) is 32.3 Å². The van der Waals surface area contributed by atoms with Crippen LogP contribution in [0.1, 0.15) is 26.3 Å². The average Bonchev–Trinajstić information content (AvgIpc) is 2.25. The summed E-state index contributed by atoms with van der Waals surface area (Å²) in [4.78, 5) is 0. The third kappa shape index (κ3) is 3.69. The molecule has 0 amide bonds. The van der Waals surface area contributed by atoms with Crippen LogP contribution in [0, 0.1) is 0 Å². The second-order valence-corrected chi connectivity index (χ2v) is 5.29. The van der Waals surface area contributed by atoms with E-state index in [4.69, 9.17) is 11.6 Å². The molecule has 0 heterocycles. The highest BCUT2D eigenvalue weighted by molar-refractivity contribution is 6.18. The molecule has 0 aliphatic rings. The normalized spacial score (nSPS) is 13.6. The molecule has 1 rings (SSSR count). The molecule has 0 aliphatic heterocycles. The number of aliphatic hydroxyl groups excluding tert-OH is 1. The Morgan fingerprint density at radius 2 is 1.94 bits per heavy atom. The van der Waals surface area contributed by atoms with Gasteiger partial charge in [0.25, 0.3) is 0 Å². The predicted octanol–water partition coefficient (Wildman–Crippen LogP) is 3.00. The smallest absolute Gasteiger partial charge is 0.0847 e. The summed E-state index contributed by atoms with van der Waals surface area (Å²) in [5, 5.41) is 12.7. The summed E-state index contributed by atoms with van der Waals surface area (Å²) in [6, 6.07) is 8.16. The molecule has 90 valence electrons. The van der Waals surface area contributed by atoms with Crippen molar-refractivity contribution in [1.82, 2.24) is 0 Å². The first-order valence-corrected chi connectivity index (χ1v) is 6.06. The van der Waals surface area contributed by atoms with Gasteiger partial charge in [-0.25, -0.2) is 0 Å². The third-order valence-electron chi connectivity index (χ3n) is 2.44. The van der Waals surface area contributed by atoms with Crippen LogP contribution in [0.5, 0.6) is 0 Å². The first-order valence-electron chi connectivity index (χ1n) is 5.52. The fraction of sp³-hybridized carbons (Fsp3) is 0.538. The van der Waals surface area contributed by atoms with Gasteiger partial charge < -0.3 is 10.4 Å². The summed E-state index contributed by atoms with van der Waals surface area (Å²) in [5.74, 6) is 0.255. The molecular formula is C13H20ClNO. The van der Waals surface area contributed by atoms with Crippen LogP contribution in [0.15, 0.2) is 24.3 Å². The molecule has 1 aromatic rings. The van der Waals surface area contributed by atoms with Gasteiger partial charge in [0.1, 0.15) is 0 Å². The number of hydrogen-bond acceptors (Lipinski definition) is 2. The number of aliphatic hydroxyl groups is 1. The molecule has 0 aromatic heterocycles. The van der Waals surface area contributed by atoms with Crippen molar-refractivity contribution in [3.8, 4) is 0 Å². The van der Waals surface area contributed by atoms with Gasteiger partial charge in [-0.05, 0) is 17.0 Å². The van der Waals surface area contributed by atoms with Crippen molar-refractivity contribution in [2.75, 3.05) is 17.7 Å². The first kappa shape index (κ1) is 13.3. The van der Waals surface area contributed by atoms with Crippen molar-refractivity contribution in [2.24, 2.45) is 0 Å². The Labute approximate surface area is 103 Å². The molecule has 0 spiro atoms. The molecule has 3 heteroatoms. The molecule has 1 unspecified atom stereocenters. The van der Waals surface area contributed by atoms with Crippen LogP contribution in [0.3, 0.4) is 0 Å². The van der Waals surface area contributed by atoms with E-state index in [1.165, 1.54) is 5.56 Å². The molecule has 0 bridgehead atoms. The number of hydrogen-bond donors (Lipinski definition) is 2. The quantitative estimate of drug-likeness (QED) is 0.795. The Balaban J connectivity index is 2.80. The predicted molar refractivity (Wildman–Crippen MR) is 70.4 cm³/mol. The minimum atomic E-state index is -0.505. The summed E-state index contributed by atoms with van der Waals surface area (Å²) >= 11 is 5.56. The molecule has 1 aromatic carbocycles. The molecule has 0 aliphatic carbocycles. The third-order valence-corrected chi connectivity index (χ3v) is 2.80. The van der Waals surface area contributed by atoms with Crippen molar-refractivity contribution in [3.63, 3.8) is 0 Å². The fourth-order valence-electron chi connectivity index (χ4n) is 1.57. The van der Waals surface area contributed by atoms with E-state index in [0.717, 1.165) is 5.69 Å². The zero-order chi connectivity index (χ0) is 12.2. The monoisotopic (exact) mass is 241 g/mol. The van der Waals surface area contributed by atoms with E-state index in [1.54, 1.807) is 0 Å². The van der Waals surface area contributed by atoms with Gasteiger partial charge in [-0.1, -0.05) is 39.0 Å². The molecule has 0 saturated carbocycles. The van der Waals surface area contributed by atoms with Gasteiger partial charge in [-0.3, -0.25) is 0 Å². The number of nitrogens with one attached hydrogen (secondary N) is 1. The van der Waals surface area contributed by atoms with Crippen molar-refractivity contribution < 1.29 is 5.11 Å². The average molecular weight is 242 g/mol. The molecule has 0 radical (unpaired) electrons. The number of halogens is 1. The zero-order valence-electron chi connectivity index (χ0n) is 10.1. The maximum atomic E-state index is 9.42. The first-order chi connectivity index (χ1) is 7.45. The van der Waals surface area contributed by atoms with Gasteiger partial charge in [0.2, 0.25) is 0 Å². The minimum absolute atomic E-state index is 0.0928. The highest BCUT2D eigenvalue weighted by Crippen LogP contribution is 2.29. The Kier molecular flexibility index (Phi) is 4.63. The number of benzene rings is 1. The molecule has 16 heavy (non-hydrogen) atoms. The molecular weight excluding hydrogens is 222 g/mol. The maximum Gasteiger partial charge on any atom is 0.0847 e. The lowest BCUT2D eigenvalue weighted by atomic mass is 9.86. The van der Waals surface area contributed by atoms with E-state index in [2.05, 4.69) is 32.2 Å². The summed E-state index contributed by atoms with van der Waals surface area (Å²) < 4.78 is 0. The number of anilines is 1. The van der Waals surface area contributed by atoms with Crippen LogP contribution < -0.4 is 5.32 Å². The zero-order valence-corrected chi connectivity index (χ0v) is 10.9. The molecule has 0 fully saturated rings. The highest BCUT2D eigenvalue weighted by Gasteiger charge is 2.17. The maximum absolute atomic E-state index is 9.42. The fourth-order valence-corrected chi connectivity index (χ4v) is 1.68. The van der Waals surface area contributed by atoms with Crippen LogP contribution in [-0.4, -0.2) is 23.6 Å². The van der Waals surface area contributed by atoms with Crippen LogP contribution in [0.2, 0.25) is 0 Å². The van der Waals surface area contributed by atoms with E-state index < -0.39 is 6.10 Å². The Bertz CT molecular complexity index is 333. The molecule has 2 N–H and O–H groups in total. The largest absolute Gasteiger partial charge is 0.390 e. The van der Waals surface area contributed by atoms with Crippen molar-refractivity contribution in [1.29, 1.82) is 0 Å². The van der Waals surface area contributed by atoms with Crippen LogP contribution in [0.25, 0.3) is 0 Å². The van der Waals surface area contributed by atoms with Crippen molar-refractivity contribution >= 4 is 17.3 Å². The van der Waals surface area contributed by atoms with Crippen LogP contribution in [-0.2, 0) is 5.41 Å². The summed E-state index contributed by atoms with van der Waals surface area (Å²) in [5.41, 5.74) is 2.41. The topological polar surface area (TPSA) is 32.3 Å². The van der Waals surface area contributed by atoms with Gasteiger partial charge in [-0.2, -0.15) is 0 Å². The van der Waals surface area contributed by atoms with Gasteiger partial charge in [0.15, 0.2) is 0 Å². The Hall–Kier alpha value is -0.730. The van der Waals surface area contributed by atoms with Gasteiger partial charge in [0.05, 0.1) is 12.0 Å². The molecule has 2 nitrogen and oxygen atoms in total. The second kappa shape index (κ2) is 5.55. The SMILES string of the molecule is CC(C)(C)c1ccccc1NCC(O)CCl. The van der Waals surface area contributed by atoms with Gasteiger partial charge >= 0.3 is 0 Å². The number of alkyl halides is 1. The lowest BCUT2D eigenvalue weighted by Crippen LogP contribution is -2.23. The Morgan fingerprint density at radius 1 is 1.31 bits per heavy atom. The van der Waals surface area contributed by atoms with E-state index in [9.17, 15) is 5.11 Å². The minimum Gasteiger partial charge on any atom is -0.390 e. The number of para-hydroxylation sites is 1. The van der Waals surface area contributed by atoms with Crippen molar-refractivity contribution in [3.05, 3.63) is 29.8 Å². The van der Waals surface area contributed by atoms with E-state index >= 15 is 0 Å². The van der Waals surface area contributed by atoms with E-state index in [-0.39, 0.29) is 11.3 Å². The van der Waals surface area contributed by atoms with Gasteiger partial charge in [0, 0.05) is 12.2 Å². The second-order valence-electron chi connectivity index (χ2n) is 4.98. The van der Waals surface area contributed by atoms with Crippen LogP contribution >= 0.6 is 11.6 Å². The van der Waals surface area contributed by atoms with Gasteiger partial charge in [-0.15, -0.1) is 11.6 Å². The summed E-state index contributed by atoms with van der Waals surface area (Å²) in [6.45, 7) is 7.00. The summed E-state index contributed by atoms with van der Waals surface area (Å²) in [6.07, 6.45) is -0.505. The lowest BCUT2D eigenvalue weighted by molar-refractivity contribution is 0.211. The Morgan fingerprint density at radius 3 is 2.50 bits per heavy atom.